The van der Waals surface area contributed by atoms with Crippen LogP contribution >= 0.6 is 0 Å². The first kappa shape index (κ1) is 14.5. The molecule has 2 nitrogen and oxygen atoms in total. The third-order valence-electron chi connectivity index (χ3n) is 7.78. The predicted molar refractivity (Wildman–Crippen MR) is 85.7 cm³/mol. The predicted octanol–water partition coefficient (Wildman–Crippen LogP) is 4.51. The van der Waals surface area contributed by atoms with E-state index in [1.807, 2.05) is 6.08 Å². The van der Waals surface area contributed by atoms with Gasteiger partial charge in [0.25, 0.3) is 0 Å². The molecule has 3 fully saturated rings. The van der Waals surface area contributed by atoms with Gasteiger partial charge in [0, 0.05) is 6.42 Å². The molecule has 4 aliphatic rings. The molecular weight excluding hydrogens is 270 g/mol. The van der Waals surface area contributed by atoms with Crippen LogP contribution in [0.25, 0.3) is 0 Å². The van der Waals surface area contributed by atoms with Crippen LogP contribution < -0.4 is 0 Å². The second kappa shape index (κ2) is 4.95. The summed E-state index contributed by atoms with van der Waals surface area (Å²) in [7, 11) is 0. The van der Waals surface area contributed by atoms with Gasteiger partial charge < -0.3 is 0 Å². The Labute approximate surface area is 134 Å². The highest BCUT2D eigenvalue weighted by molar-refractivity contribution is 5.91. The molecule has 4 rings (SSSR count). The van der Waals surface area contributed by atoms with E-state index in [9.17, 15) is 10.1 Å². The average molecular weight is 297 g/mol. The third-order valence-corrected chi connectivity index (χ3v) is 7.78. The second-order valence-corrected chi connectivity index (χ2v) is 8.67. The van der Waals surface area contributed by atoms with Gasteiger partial charge >= 0.3 is 0 Å². The summed E-state index contributed by atoms with van der Waals surface area (Å²) in [6.45, 7) is 4.70. The number of fused-ring (bicyclic) bond motifs is 5. The van der Waals surface area contributed by atoms with Crippen LogP contribution in [0.2, 0.25) is 0 Å². The molecule has 7 unspecified atom stereocenters. The van der Waals surface area contributed by atoms with Crippen molar-refractivity contribution in [3.8, 4) is 6.07 Å². The lowest BCUT2D eigenvalue weighted by molar-refractivity contribution is -0.116. The van der Waals surface area contributed by atoms with E-state index < -0.39 is 0 Å². The largest absolute Gasteiger partial charge is 0.295 e. The Morgan fingerprint density at radius 3 is 2.82 bits per heavy atom. The van der Waals surface area contributed by atoms with Crippen LogP contribution in [-0.4, -0.2) is 5.78 Å². The number of carbonyl (C=O) groups is 1. The van der Waals surface area contributed by atoms with Crippen molar-refractivity contribution in [3.05, 3.63) is 11.6 Å². The molecule has 4 aliphatic carbocycles. The van der Waals surface area contributed by atoms with Crippen LogP contribution in [-0.2, 0) is 4.79 Å². The Morgan fingerprint density at radius 2 is 2.05 bits per heavy atom. The maximum absolute atomic E-state index is 11.7. The van der Waals surface area contributed by atoms with Gasteiger partial charge in [-0.3, -0.25) is 4.79 Å². The lowest BCUT2D eigenvalue weighted by Crippen LogP contribution is -2.46. The molecule has 0 spiro atoms. The molecular formula is C20H27NO. The maximum Gasteiger partial charge on any atom is 0.155 e. The summed E-state index contributed by atoms with van der Waals surface area (Å²) in [6.07, 6.45) is 9.97. The normalized spacial score (nSPS) is 50.4. The lowest BCUT2D eigenvalue weighted by Gasteiger charge is -2.53. The van der Waals surface area contributed by atoms with E-state index in [2.05, 4.69) is 19.9 Å². The fourth-order valence-electron chi connectivity index (χ4n) is 6.82. The quantitative estimate of drug-likeness (QED) is 0.660. The molecule has 0 saturated heterocycles. The zero-order valence-electron chi connectivity index (χ0n) is 13.8. The van der Waals surface area contributed by atoms with Gasteiger partial charge in [-0.15, -0.1) is 0 Å². The smallest absolute Gasteiger partial charge is 0.155 e. The van der Waals surface area contributed by atoms with Gasteiger partial charge in [0.1, 0.15) is 0 Å². The van der Waals surface area contributed by atoms with Crippen molar-refractivity contribution in [1.82, 2.24) is 0 Å². The van der Waals surface area contributed by atoms with Gasteiger partial charge in [-0.05, 0) is 79.6 Å². The Kier molecular flexibility index (Phi) is 3.26. The first-order valence-corrected chi connectivity index (χ1v) is 9.17. The van der Waals surface area contributed by atoms with Crippen LogP contribution in [0.1, 0.15) is 58.8 Å². The molecule has 118 valence electrons. The van der Waals surface area contributed by atoms with Crippen LogP contribution in [0.3, 0.4) is 0 Å². The average Bonchev–Trinajstić information content (AvgIpc) is 2.76. The summed E-state index contributed by atoms with van der Waals surface area (Å²) in [5, 5.41) is 9.66. The number of allylic oxidation sites excluding steroid dienone is 1. The number of hydrogen-bond donors (Lipinski definition) is 0. The van der Waals surface area contributed by atoms with Crippen LogP contribution in [0.4, 0.5) is 0 Å². The Hall–Kier alpha value is -1.10. The summed E-state index contributed by atoms with van der Waals surface area (Å²) in [6, 6.07) is 2.65. The minimum atomic E-state index is 0.251. The van der Waals surface area contributed by atoms with E-state index in [1.165, 1.54) is 31.3 Å². The van der Waals surface area contributed by atoms with E-state index >= 15 is 0 Å². The Morgan fingerprint density at radius 1 is 1.23 bits per heavy atom. The Balaban J connectivity index is 1.64. The third kappa shape index (κ3) is 1.87. The van der Waals surface area contributed by atoms with Crippen molar-refractivity contribution in [3.63, 3.8) is 0 Å². The number of nitrogens with zero attached hydrogens (tertiary/aromatic N) is 1. The van der Waals surface area contributed by atoms with E-state index in [-0.39, 0.29) is 11.3 Å². The molecule has 2 heteroatoms. The number of nitriles is 1. The van der Waals surface area contributed by atoms with Gasteiger partial charge in [0.2, 0.25) is 0 Å². The summed E-state index contributed by atoms with van der Waals surface area (Å²) in [4.78, 5) is 11.7. The molecule has 0 bridgehead atoms. The summed E-state index contributed by atoms with van der Waals surface area (Å²) < 4.78 is 0. The van der Waals surface area contributed by atoms with Crippen molar-refractivity contribution in [2.75, 3.05) is 0 Å². The van der Waals surface area contributed by atoms with Crippen LogP contribution in [0.15, 0.2) is 11.6 Å². The molecule has 0 aliphatic heterocycles. The highest BCUT2D eigenvalue weighted by Crippen LogP contribution is 2.64. The molecule has 0 amide bonds. The lowest BCUT2D eigenvalue weighted by atomic mass is 9.51. The van der Waals surface area contributed by atoms with E-state index in [4.69, 9.17) is 0 Å². The molecule has 0 radical (unpaired) electrons. The molecule has 7 atom stereocenters. The van der Waals surface area contributed by atoms with Crippen LogP contribution in [0, 0.1) is 52.3 Å². The first-order valence-electron chi connectivity index (χ1n) is 9.17. The van der Waals surface area contributed by atoms with Crippen molar-refractivity contribution < 1.29 is 4.79 Å². The van der Waals surface area contributed by atoms with E-state index in [0.29, 0.717) is 17.6 Å². The van der Waals surface area contributed by atoms with Crippen molar-refractivity contribution in [2.45, 2.75) is 58.8 Å². The second-order valence-electron chi connectivity index (χ2n) is 8.67. The SMILES string of the molecule is CC1CC2C3CCC4=CC(=O)CCC4C3CCC2(C)C1C#N. The monoisotopic (exact) mass is 297 g/mol. The van der Waals surface area contributed by atoms with Gasteiger partial charge in [0.15, 0.2) is 5.78 Å². The molecule has 0 N–H and O–H groups in total. The minimum absolute atomic E-state index is 0.251. The molecule has 22 heavy (non-hydrogen) atoms. The van der Waals surface area contributed by atoms with Crippen LogP contribution in [0.5, 0.6) is 0 Å². The first-order chi connectivity index (χ1) is 10.5. The topological polar surface area (TPSA) is 40.9 Å². The fourth-order valence-corrected chi connectivity index (χ4v) is 6.82. The van der Waals surface area contributed by atoms with Gasteiger partial charge in [-0.1, -0.05) is 19.4 Å². The van der Waals surface area contributed by atoms with E-state index in [0.717, 1.165) is 37.0 Å². The number of carbonyl (C=O) groups excluding carboxylic acids is 1. The summed E-state index contributed by atoms with van der Waals surface area (Å²) >= 11 is 0. The van der Waals surface area contributed by atoms with Crippen molar-refractivity contribution in [2.24, 2.45) is 40.9 Å². The highest BCUT2D eigenvalue weighted by atomic mass is 16.1. The van der Waals surface area contributed by atoms with E-state index in [1.54, 1.807) is 0 Å². The number of hydrogen-bond acceptors (Lipinski definition) is 2. The number of ketones is 1. The van der Waals surface area contributed by atoms with Gasteiger partial charge in [0.05, 0.1) is 12.0 Å². The fraction of sp³-hybridized carbons (Fsp3) is 0.800. The zero-order valence-corrected chi connectivity index (χ0v) is 13.8. The minimum Gasteiger partial charge on any atom is -0.295 e. The van der Waals surface area contributed by atoms with Gasteiger partial charge in [-0.25, -0.2) is 0 Å². The highest BCUT2D eigenvalue weighted by Gasteiger charge is 2.58. The zero-order chi connectivity index (χ0) is 15.5. The van der Waals surface area contributed by atoms with Crippen molar-refractivity contribution in [1.29, 1.82) is 5.26 Å². The molecule has 0 aromatic carbocycles. The summed E-state index contributed by atoms with van der Waals surface area (Å²) in [5.41, 5.74) is 1.71. The van der Waals surface area contributed by atoms with Crippen molar-refractivity contribution >= 4 is 5.78 Å². The standard InChI is InChI=1S/C20H27NO/c1-12-9-18-17-5-3-13-10-14(22)4-6-15(13)16(17)7-8-20(18,2)19(12)11-21/h10,12,15-19H,3-9H2,1-2H3. The molecule has 0 aromatic rings. The molecule has 0 aromatic heterocycles. The molecule has 3 saturated carbocycles. The Bertz CT molecular complexity index is 571. The number of rotatable bonds is 0. The maximum atomic E-state index is 11.7. The molecule has 0 heterocycles. The van der Waals surface area contributed by atoms with Gasteiger partial charge in [-0.2, -0.15) is 5.26 Å². The summed E-state index contributed by atoms with van der Waals surface area (Å²) in [5.74, 6) is 4.17.